The Balaban J connectivity index is 1.96. The van der Waals surface area contributed by atoms with Gasteiger partial charge < -0.3 is 10.5 Å². The Labute approximate surface area is 99.4 Å². The van der Waals surface area contributed by atoms with E-state index in [1.165, 1.54) is 0 Å². The molecule has 2 N–H and O–H groups in total. The highest BCUT2D eigenvalue weighted by Crippen LogP contribution is 2.30. The van der Waals surface area contributed by atoms with Crippen molar-refractivity contribution >= 4 is 17.4 Å². The van der Waals surface area contributed by atoms with E-state index in [2.05, 4.69) is 6.92 Å². The van der Waals surface area contributed by atoms with Crippen LogP contribution in [0.1, 0.15) is 18.9 Å². The van der Waals surface area contributed by atoms with Crippen molar-refractivity contribution in [3.05, 3.63) is 29.6 Å². The summed E-state index contributed by atoms with van der Waals surface area (Å²) >= 11 is 1.75. The summed E-state index contributed by atoms with van der Waals surface area (Å²) in [6.45, 7) is 2.89. The lowest BCUT2D eigenvalue weighted by atomic mass is 10.2. The Kier molecular flexibility index (Phi) is 3.71. The fourth-order valence-corrected chi connectivity index (χ4v) is 3.07. The maximum atomic E-state index is 13.6. The number of hydrogen-bond acceptors (Lipinski definition) is 3. The SMILES string of the molecule is CC1OCCC1SCc1cccc(N)c1F. The lowest BCUT2D eigenvalue weighted by Gasteiger charge is -2.13. The van der Waals surface area contributed by atoms with Crippen LogP contribution < -0.4 is 5.73 Å². The summed E-state index contributed by atoms with van der Waals surface area (Å²) < 4.78 is 19.1. The topological polar surface area (TPSA) is 35.2 Å². The first-order chi connectivity index (χ1) is 7.68. The van der Waals surface area contributed by atoms with E-state index >= 15 is 0 Å². The van der Waals surface area contributed by atoms with E-state index in [4.69, 9.17) is 10.5 Å². The van der Waals surface area contributed by atoms with Crippen LogP contribution in [0.5, 0.6) is 0 Å². The lowest BCUT2D eigenvalue weighted by Crippen LogP contribution is -2.13. The Morgan fingerprint density at radius 2 is 2.38 bits per heavy atom. The molecule has 0 bridgehead atoms. The normalized spacial score (nSPS) is 24.9. The van der Waals surface area contributed by atoms with Crippen LogP contribution in [0.3, 0.4) is 0 Å². The number of nitrogen functional groups attached to an aromatic ring is 1. The number of rotatable bonds is 3. The number of thioether (sulfide) groups is 1. The lowest BCUT2D eigenvalue weighted by molar-refractivity contribution is 0.127. The third kappa shape index (κ3) is 2.50. The highest BCUT2D eigenvalue weighted by atomic mass is 32.2. The molecule has 1 aliphatic heterocycles. The van der Waals surface area contributed by atoms with Crippen LogP contribution in [0, 0.1) is 5.82 Å². The van der Waals surface area contributed by atoms with Crippen molar-refractivity contribution in [3.63, 3.8) is 0 Å². The van der Waals surface area contributed by atoms with Crippen molar-refractivity contribution in [2.45, 2.75) is 30.5 Å². The molecule has 1 fully saturated rings. The second-order valence-corrected chi connectivity index (χ2v) is 5.26. The van der Waals surface area contributed by atoms with Crippen LogP contribution in [0.4, 0.5) is 10.1 Å². The van der Waals surface area contributed by atoms with Gasteiger partial charge in [0.05, 0.1) is 11.8 Å². The molecule has 1 saturated heterocycles. The molecule has 1 aromatic rings. The molecule has 0 aliphatic carbocycles. The van der Waals surface area contributed by atoms with Gasteiger partial charge in [-0.2, -0.15) is 11.8 Å². The van der Waals surface area contributed by atoms with Gasteiger partial charge in [-0.15, -0.1) is 0 Å². The van der Waals surface area contributed by atoms with Crippen LogP contribution in [-0.4, -0.2) is 18.0 Å². The molecule has 2 atom stereocenters. The Morgan fingerprint density at radius 1 is 1.56 bits per heavy atom. The number of anilines is 1. The molecule has 16 heavy (non-hydrogen) atoms. The van der Waals surface area contributed by atoms with Crippen molar-refractivity contribution < 1.29 is 9.13 Å². The predicted molar refractivity (Wildman–Crippen MR) is 65.9 cm³/mol. The average molecular weight is 241 g/mol. The van der Waals surface area contributed by atoms with Gasteiger partial charge in [-0.05, 0) is 25.0 Å². The van der Waals surface area contributed by atoms with Gasteiger partial charge in [0.1, 0.15) is 5.82 Å². The number of benzene rings is 1. The predicted octanol–water partition coefficient (Wildman–Crippen LogP) is 2.82. The van der Waals surface area contributed by atoms with Crippen LogP contribution in [0.15, 0.2) is 18.2 Å². The Morgan fingerprint density at radius 3 is 3.06 bits per heavy atom. The summed E-state index contributed by atoms with van der Waals surface area (Å²) in [5.41, 5.74) is 6.44. The van der Waals surface area contributed by atoms with Gasteiger partial charge in [0, 0.05) is 17.6 Å². The zero-order valence-electron chi connectivity index (χ0n) is 9.28. The van der Waals surface area contributed by atoms with Gasteiger partial charge in [0.2, 0.25) is 0 Å². The molecule has 0 radical (unpaired) electrons. The van der Waals surface area contributed by atoms with E-state index in [1.54, 1.807) is 30.0 Å². The Hall–Kier alpha value is -0.740. The van der Waals surface area contributed by atoms with Gasteiger partial charge in [-0.1, -0.05) is 12.1 Å². The fourth-order valence-electron chi connectivity index (χ4n) is 1.84. The maximum absolute atomic E-state index is 13.6. The van der Waals surface area contributed by atoms with Gasteiger partial charge in [0.25, 0.3) is 0 Å². The zero-order chi connectivity index (χ0) is 11.5. The van der Waals surface area contributed by atoms with Crippen LogP contribution in [-0.2, 0) is 10.5 Å². The van der Waals surface area contributed by atoms with E-state index in [1.807, 2.05) is 0 Å². The van der Waals surface area contributed by atoms with Crippen molar-refractivity contribution in [3.8, 4) is 0 Å². The van der Waals surface area contributed by atoms with Gasteiger partial charge in [0.15, 0.2) is 0 Å². The molecular formula is C12H16FNOS. The molecule has 2 nitrogen and oxygen atoms in total. The highest BCUT2D eigenvalue weighted by molar-refractivity contribution is 7.99. The molecule has 1 aliphatic rings. The quantitative estimate of drug-likeness (QED) is 0.826. The summed E-state index contributed by atoms with van der Waals surface area (Å²) in [6, 6.07) is 5.17. The van der Waals surface area contributed by atoms with Gasteiger partial charge in [-0.25, -0.2) is 4.39 Å². The van der Waals surface area contributed by atoms with Crippen molar-refractivity contribution in [2.75, 3.05) is 12.3 Å². The van der Waals surface area contributed by atoms with E-state index in [-0.39, 0.29) is 17.6 Å². The molecule has 88 valence electrons. The second-order valence-electron chi connectivity index (χ2n) is 4.03. The van der Waals surface area contributed by atoms with Crippen molar-refractivity contribution in [1.29, 1.82) is 0 Å². The number of hydrogen-bond donors (Lipinski definition) is 1. The molecule has 0 spiro atoms. The maximum Gasteiger partial charge on any atom is 0.150 e. The van der Waals surface area contributed by atoms with E-state index in [0.717, 1.165) is 13.0 Å². The Bertz CT molecular complexity index is 372. The first kappa shape index (κ1) is 11.7. The minimum Gasteiger partial charge on any atom is -0.396 e. The van der Waals surface area contributed by atoms with Gasteiger partial charge in [-0.3, -0.25) is 0 Å². The molecule has 1 aromatic carbocycles. The standard InChI is InChI=1S/C12H16FNOS/c1-8-11(5-6-15-8)16-7-9-3-2-4-10(14)12(9)13/h2-4,8,11H,5-7,14H2,1H3. The monoisotopic (exact) mass is 241 g/mol. The molecule has 0 amide bonds. The molecule has 1 heterocycles. The summed E-state index contributed by atoms with van der Waals surface area (Å²) in [5.74, 6) is 0.386. The summed E-state index contributed by atoms with van der Waals surface area (Å²) in [4.78, 5) is 0. The molecule has 2 rings (SSSR count). The van der Waals surface area contributed by atoms with E-state index < -0.39 is 0 Å². The van der Waals surface area contributed by atoms with Crippen LogP contribution in [0.25, 0.3) is 0 Å². The van der Waals surface area contributed by atoms with Crippen LogP contribution >= 0.6 is 11.8 Å². The second kappa shape index (κ2) is 5.06. The first-order valence-corrected chi connectivity index (χ1v) is 6.49. The molecule has 4 heteroatoms. The summed E-state index contributed by atoms with van der Waals surface area (Å²) in [5, 5.41) is 0.473. The molecule has 2 unspecified atom stereocenters. The number of nitrogens with two attached hydrogens (primary N) is 1. The van der Waals surface area contributed by atoms with Crippen LogP contribution in [0.2, 0.25) is 0 Å². The molecular weight excluding hydrogens is 225 g/mol. The smallest absolute Gasteiger partial charge is 0.150 e. The largest absolute Gasteiger partial charge is 0.396 e. The third-order valence-corrected chi connectivity index (χ3v) is 4.39. The first-order valence-electron chi connectivity index (χ1n) is 5.44. The van der Waals surface area contributed by atoms with E-state index in [9.17, 15) is 4.39 Å². The highest BCUT2D eigenvalue weighted by Gasteiger charge is 2.24. The summed E-state index contributed by atoms with van der Waals surface area (Å²) in [6.07, 6.45) is 1.32. The van der Waals surface area contributed by atoms with E-state index in [0.29, 0.717) is 16.6 Å². The van der Waals surface area contributed by atoms with Gasteiger partial charge >= 0.3 is 0 Å². The van der Waals surface area contributed by atoms with Crippen molar-refractivity contribution in [1.82, 2.24) is 0 Å². The average Bonchev–Trinajstić information content (AvgIpc) is 2.67. The zero-order valence-corrected chi connectivity index (χ0v) is 10.1. The number of halogens is 1. The fraction of sp³-hybridized carbons (Fsp3) is 0.500. The summed E-state index contributed by atoms with van der Waals surface area (Å²) in [7, 11) is 0. The van der Waals surface area contributed by atoms with Crippen molar-refractivity contribution in [2.24, 2.45) is 0 Å². The molecule has 0 aromatic heterocycles. The minimum atomic E-state index is -0.276. The third-order valence-electron chi connectivity index (χ3n) is 2.87. The molecule has 0 saturated carbocycles. The number of ether oxygens (including phenoxy) is 1. The minimum absolute atomic E-state index is 0.230.